The average molecular weight is 434 g/mol. The number of para-hydroxylation sites is 3. The van der Waals surface area contributed by atoms with Gasteiger partial charge in [0.25, 0.3) is 5.91 Å². The van der Waals surface area contributed by atoms with Crippen LogP contribution in [-0.2, 0) is 0 Å². The first kappa shape index (κ1) is 22.7. The van der Waals surface area contributed by atoms with E-state index in [1.807, 2.05) is 42.5 Å². The molecule has 0 heterocycles. The number of nitrogens with zero attached hydrogens (tertiary/aromatic N) is 1. The van der Waals surface area contributed by atoms with Gasteiger partial charge in [-0.25, -0.2) is 4.79 Å². The van der Waals surface area contributed by atoms with Gasteiger partial charge in [0.05, 0.1) is 19.9 Å². The molecule has 166 valence electrons. The van der Waals surface area contributed by atoms with Gasteiger partial charge in [-0.2, -0.15) is 0 Å². The van der Waals surface area contributed by atoms with Crippen molar-refractivity contribution < 1.29 is 19.1 Å². The minimum Gasteiger partial charge on any atom is -0.497 e. The van der Waals surface area contributed by atoms with Gasteiger partial charge in [-0.1, -0.05) is 30.3 Å². The van der Waals surface area contributed by atoms with Crippen LogP contribution >= 0.6 is 0 Å². The molecule has 3 rings (SSSR count). The molecule has 32 heavy (non-hydrogen) atoms. The molecule has 0 radical (unpaired) electrons. The zero-order valence-electron chi connectivity index (χ0n) is 18.2. The van der Waals surface area contributed by atoms with Gasteiger partial charge in [-0.05, 0) is 55.0 Å². The number of benzene rings is 3. The fourth-order valence-corrected chi connectivity index (χ4v) is 3.20. The molecule has 0 aliphatic rings. The topological polar surface area (TPSA) is 79.9 Å². The monoisotopic (exact) mass is 433 g/mol. The highest BCUT2D eigenvalue weighted by molar-refractivity contribution is 6.06. The molecule has 0 bridgehead atoms. The Labute approximate surface area is 188 Å². The lowest BCUT2D eigenvalue weighted by Crippen LogP contribution is -2.35. The Morgan fingerprint density at radius 3 is 2.22 bits per heavy atom. The van der Waals surface area contributed by atoms with Crippen LogP contribution in [0.2, 0.25) is 0 Å². The quantitative estimate of drug-likeness (QED) is 0.485. The number of carbonyl (C=O) groups is 2. The SMILES string of the molecule is COc1ccc(C(=O)N(CCCNC(=O)Nc2ccccc2OC)c2ccccc2)cc1. The Hall–Kier alpha value is -4.00. The molecule has 0 aromatic heterocycles. The maximum atomic E-state index is 13.2. The van der Waals surface area contributed by atoms with Crippen molar-refractivity contribution in [2.24, 2.45) is 0 Å². The number of methoxy groups -OCH3 is 2. The summed E-state index contributed by atoms with van der Waals surface area (Å²) in [5, 5.41) is 5.60. The zero-order chi connectivity index (χ0) is 22.8. The van der Waals surface area contributed by atoms with Gasteiger partial charge in [0.15, 0.2) is 0 Å². The molecule has 0 atom stereocenters. The summed E-state index contributed by atoms with van der Waals surface area (Å²) < 4.78 is 10.4. The van der Waals surface area contributed by atoms with Crippen molar-refractivity contribution >= 4 is 23.3 Å². The molecule has 3 aromatic rings. The number of hydrogen-bond donors (Lipinski definition) is 2. The molecule has 0 fully saturated rings. The van der Waals surface area contributed by atoms with E-state index in [9.17, 15) is 9.59 Å². The lowest BCUT2D eigenvalue weighted by Gasteiger charge is -2.23. The molecule has 3 amide bonds. The first-order valence-corrected chi connectivity index (χ1v) is 10.3. The fraction of sp³-hybridized carbons (Fsp3) is 0.200. The lowest BCUT2D eigenvalue weighted by atomic mass is 10.1. The summed E-state index contributed by atoms with van der Waals surface area (Å²) in [6, 6.07) is 23.4. The van der Waals surface area contributed by atoms with E-state index in [-0.39, 0.29) is 11.9 Å². The van der Waals surface area contributed by atoms with Gasteiger partial charge in [-0.3, -0.25) is 4.79 Å². The first-order chi connectivity index (χ1) is 15.6. The van der Waals surface area contributed by atoms with Crippen LogP contribution in [0.25, 0.3) is 0 Å². The second kappa shape index (κ2) is 11.4. The van der Waals surface area contributed by atoms with Gasteiger partial charge in [0, 0.05) is 24.3 Å². The smallest absolute Gasteiger partial charge is 0.319 e. The Morgan fingerprint density at radius 1 is 0.844 bits per heavy atom. The van der Waals surface area contributed by atoms with Crippen LogP contribution in [0.15, 0.2) is 78.9 Å². The average Bonchev–Trinajstić information content (AvgIpc) is 2.84. The number of ether oxygens (including phenoxy) is 2. The van der Waals surface area contributed by atoms with Crippen LogP contribution in [0.4, 0.5) is 16.2 Å². The van der Waals surface area contributed by atoms with Crippen LogP contribution in [0.3, 0.4) is 0 Å². The van der Waals surface area contributed by atoms with Crippen LogP contribution in [-0.4, -0.2) is 39.2 Å². The van der Waals surface area contributed by atoms with E-state index in [1.165, 1.54) is 0 Å². The number of anilines is 2. The Balaban J connectivity index is 1.59. The molecule has 0 unspecified atom stereocenters. The Bertz CT molecular complexity index is 1020. The predicted octanol–water partition coefficient (Wildman–Crippen LogP) is 4.56. The zero-order valence-corrected chi connectivity index (χ0v) is 18.2. The molecule has 2 N–H and O–H groups in total. The molecule has 7 nitrogen and oxygen atoms in total. The van der Waals surface area contributed by atoms with Crippen LogP contribution < -0.4 is 25.0 Å². The minimum absolute atomic E-state index is 0.114. The summed E-state index contributed by atoms with van der Waals surface area (Å²) in [5.41, 5.74) is 1.96. The highest BCUT2D eigenvalue weighted by Gasteiger charge is 2.17. The summed E-state index contributed by atoms with van der Waals surface area (Å²) in [6.07, 6.45) is 0.579. The maximum absolute atomic E-state index is 13.2. The number of urea groups is 1. The lowest BCUT2D eigenvalue weighted by molar-refractivity contribution is 0.0986. The number of carbonyl (C=O) groups excluding carboxylic acids is 2. The van der Waals surface area contributed by atoms with Crippen LogP contribution in [0, 0.1) is 0 Å². The largest absolute Gasteiger partial charge is 0.497 e. The maximum Gasteiger partial charge on any atom is 0.319 e. The number of rotatable bonds is 9. The van der Waals surface area contributed by atoms with Crippen molar-refractivity contribution in [1.29, 1.82) is 0 Å². The summed E-state index contributed by atoms with van der Waals surface area (Å²) in [6.45, 7) is 0.851. The molecule has 3 aromatic carbocycles. The normalized spacial score (nSPS) is 10.2. The molecular weight excluding hydrogens is 406 g/mol. The van der Waals surface area contributed by atoms with Gasteiger partial charge in [0.2, 0.25) is 0 Å². The molecule has 0 saturated carbocycles. The van der Waals surface area contributed by atoms with E-state index in [4.69, 9.17) is 9.47 Å². The Kier molecular flexibility index (Phi) is 8.09. The van der Waals surface area contributed by atoms with Gasteiger partial charge in [-0.15, -0.1) is 0 Å². The predicted molar refractivity (Wildman–Crippen MR) is 126 cm³/mol. The molecule has 0 saturated heterocycles. The van der Waals surface area contributed by atoms with Crippen molar-refractivity contribution in [3.05, 3.63) is 84.4 Å². The summed E-state index contributed by atoms with van der Waals surface area (Å²) >= 11 is 0. The van der Waals surface area contributed by atoms with E-state index in [2.05, 4.69) is 10.6 Å². The van der Waals surface area contributed by atoms with Crippen molar-refractivity contribution in [1.82, 2.24) is 5.32 Å². The second-order valence-electron chi connectivity index (χ2n) is 6.96. The molecular formula is C25H27N3O4. The standard InChI is InChI=1S/C25H27N3O4/c1-31-21-15-13-19(14-16-21)24(29)28(20-9-4-3-5-10-20)18-8-17-26-25(30)27-22-11-6-7-12-23(22)32-2/h3-7,9-16H,8,17-18H2,1-2H3,(H2,26,27,30). The number of nitrogens with one attached hydrogen (secondary N) is 2. The molecule has 0 spiro atoms. The summed E-state index contributed by atoms with van der Waals surface area (Å²) in [7, 11) is 3.14. The third kappa shape index (κ3) is 6.01. The highest BCUT2D eigenvalue weighted by Crippen LogP contribution is 2.23. The third-order valence-electron chi connectivity index (χ3n) is 4.85. The van der Waals surface area contributed by atoms with E-state index in [0.29, 0.717) is 42.3 Å². The Morgan fingerprint density at radius 2 is 1.53 bits per heavy atom. The molecule has 0 aliphatic heterocycles. The van der Waals surface area contributed by atoms with E-state index in [0.717, 1.165) is 5.69 Å². The number of hydrogen-bond acceptors (Lipinski definition) is 4. The van der Waals surface area contributed by atoms with Crippen LogP contribution in [0.5, 0.6) is 11.5 Å². The molecule has 0 aliphatic carbocycles. The second-order valence-corrected chi connectivity index (χ2v) is 6.96. The summed E-state index contributed by atoms with van der Waals surface area (Å²) in [5.74, 6) is 1.17. The molecule has 7 heteroatoms. The van der Waals surface area contributed by atoms with Gasteiger partial charge < -0.3 is 25.0 Å². The minimum atomic E-state index is -0.331. The van der Waals surface area contributed by atoms with E-state index >= 15 is 0 Å². The van der Waals surface area contributed by atoms with Crippen molar-refractivity contribution in [3.63, 3.8) is 0 Å². The van der Waals surface area contributed by atoms with E-state index in [1.54, 1.807) is 55.5 Å². The third-order valence-corrected chi connectivity index (χ3v) is 4.85. The van der Waals surface area contributed by atoms with Crippen molar-refractivity contribution in [2.45, 2.75) is 6.42 Å². The van der Waals surface area contributed by atoms with Gasteiger partial charge in [0.1, 0.15) is 11.5 Å². The summed E-state index contributed by atoms with van der Waals surface area (Å²) in [4.78, 5) is 27.1. The van der Waals surface area contributed by atoms with Crippen molar-refractivity contribution in [3.8, 4) is 11.5 Å². The van der Waals surface area contributed by atoms with Crippen LogP contribution in [0.1, 0.15) is 16.8 Å². The first-order valence-electron chi connectivity index (χ1n) is 10.3. The number of amides is 3. The fourth-order valence-electron chi connectivity index (χ4n) is 3.20. The van der Waals surface area contributed by atoms with Crippen molar-refractivity contribution in [2.75, 3.05) is 37.5 Å². The van der Waals surface area contributed by atoms with Gasteiger partial charge >= 0.3 is 6.03 Å². The highest BCUT2D eigenvalue weighted by atomic mass is 16.5. The van der Waals surface area contributed by atoms with E-state index < -0.39 is 0 Å².